The van der Waals surface area contributed by atoms with Crippen molar-refractivity contribution in [3.05, 3.63) is 46.8 Å². The van der Waals surface area contributed by atoms with Gasteiger partial charge in [-0.3, -0.25) is 9.89 Å². The molecule has 162 valence electrons. The molecule has 1 aliphatic carbocycles. The van der Waals surface area contributed by atoms with E-state index < -0.39 is 12.8 Å². The molecule has 2 N–H and O–H groups in total. The maximum absolute atomic E-state index is 12.7. The first-order valence-corrected chi connectivity index (χ1v) is 9.90. The fraction of sp³-hybridized carbons (Fsp3) is 0.524. The van der Waals surface area contributed by atoms with Crippen LogP contribution >= 0.6 is 0 Å². The molecule has 2 fully saturated rings. The summed E-state index contributed by atoms with van der Waals surface area (Å²) in [6.07, 6.45) is -2.83. The van der Waals surface area contributed by atoms with Gasteiger partial charge in [0.2, 0.25) is 0 Å². The van der Waals surface area contributed by atoms with Crippen LogP contribution in [0, 0.1) is 12.3 Å². The largest absolute Gasteiger partial charge is 0.484 e. The lowest BCUT2D eigenvalue weighted by atomic mass is 9.78. The van der Waals surface area contributed by atoms with Crippen molar-refractivity contribution in [3.8, 4) is 5.75 Å². The molecule has 2 aromatic rings. The molecule has 2 unspecified atom stereocenters. The van der Waals surface area contributed by atoms with Crippen LogP contribution in [0.5, 0.6) is 5.75 Å². The van der Waals surface area contributed by atoms with E-state index in [0.29, 0.717) is 13.2 Å². The first-order chi connectivity index (χ1) is 14.1. The minimum Gasteiger partial charge on any atom is -0.484 e. The summed E-state index contributed by atoms with van der Waals surface area (Å²) in [6, 6.07) is 6.65. The number of aromatic amines is 1. The number of nitrogens with one attached hydrogen (secondary N) is 2. The number of hydrogen-bond donors (Lipinski definition) is 2. The Morgan fingerprint density at radius 3 is 2.70 bits per heavy atom. The lowest BCUT2D eigenvalue weighted by Gasteiger charge is -2.45. The van der Waals surface area contributed by atoms with Gasteiger partial charge >= 0.3 is 6.18 Å². The molecule has 1 saturated carbocycles. The molecule has 2 aliphatic rings. The van der Waals surface area contributed by atoms with Crippen molar-refractivity contribution in [2.45, 2.75) is 44.9 Å². The number of aryl methyl sites for hydroxylation is 1. The number of carbonyl (C=O) groups excluding carboxylic acids is 1. The minimum absolute atomic E-state index is 0.130. The number of alkyl halides is 3. The summed E-state index contributed by atoms with van der Waals surface area (Å²) in [5, 5.41) is 9.99. The molecule has 1 saturated heterocycles. The van der Waals surface area contributed by atoms with Gasteiger partial charge in [-0.25, -0.2) is 0 Å². The third-order valence-electron chi connectivity index (χ3n) is 5.54. The molecule has 30 heavy (non-hydrogen) atoms. The van der Waals surface area contributed by atoms with Crippen molar-refractivity contribution in [2.75, 3.05) is 19.8 Å². The number of amides is 1. The highest BCUT2D eigenvalue weighted by molar-refractivity contribution is 5.94. The Morgan fingerprint density at radius 1 is 1.37 bits per heavy atom. The van der Waals surface area contributed by atoms with Gasteiger partial charge in [0.05, 0.1) is 12.3 Å². The molecule has 2 atom stereocenters. The molecule has 6 nitrogen and oxygen atoms in total. The Kier molecular flexibility index (Phi) is 5.25. The van der Waals surface area contributed by atoms with Crippen molar-refractivity contribution in [2.24, 2.45) is 5.41 Å². The molecule has 0 spiro atoms. The summed E-state index contributed by atoms with van der Waals surface area (Å²) in [7, 11) is 0. The molecule has 4 rings (SSSR count). The molecule has 1 aromatic carbocycles. The maximum atomic E-state index is 12.7. The number of rotatable bonds is 7. The molecule has 2 heterocycles. The van der Waals surface area contributed by atoms with Gasteiger partial charge in [0, 0.05) is 23.2 Å². The lowest BCUT2D eigenvalue weighted by Crippen LogP contribution is -2.51. The van der Waals surface area contributed by atoms with E-state index in [0.717, 1.165) is 29.8 Å². The average Bonchev–Trinajstić information content (AvgIpc) is 3.44. The molecule has 0 radical (unpaired) electrons. The number of hydrogen-bond acceptors (Lipinski definition) is 4. The number of benzene rings is 1. The number of H-pyrrole nitrogens is 1. The summed E-state index contributed by atoms with van der Waals surface area (Å²) in [5.74, 6) is -0.0284. The first kappa shape index (κ1) is 20.7. The highest BCUT2D eigenvalue weighted by Crippen LogP contribution is 2.46. The third kappa shape index (κ3) is 4.45. The van der Waals surface area contributed by atoms with Gasteiger partial charge < -0.3 is 14.8 Å². The first-order valence-electron chi connectivity index (χ1n) is 9.90. The Morgan fingerprint density at radius 2 is 2.13 bits per heavy atom. The normalized spacial score (nSPS) is 23.7. The van der Waals surface area contributed by atoms with Crippen molar-refractivity contribution in [3.63, 3.8) is 0 Å². The van der Waals surface area contributed by atoms with E-state index in [9.17, 15) is 18.0 Å². The molecular formula is C21H24F3N3O3. The van der Waals surface area contributed by atoms with Crippen LogP contribution in [0.1, 0.15) is 59.1 Å². The van der Waals surface area contributed by atoms with E-state index in [-0.39, 0.29) is 34.7 Å². The number of carbonyl (C=O) groups is 1. The van der Waals surface area contributed by atoms with Crippen molar-refractivity contribution >= 4 is 5.91 Å². The predicted octanol–water partition coefficient (Wildman–Crippen LogP) is 4.04. The zero-order valence-corrected chi connectivity index (χ0v) is 16.8. The van der Waals surface area contributed by atoms with Gasteiger partial charge in [-0.2, -0.15) is 18.3 Å². The van der Waals surface area contributed by atoms with Crippen LogP contribution in [0.15, 0.2) is 24.3 Å². The average molecular weight is 423 g/mol. The van der Waals surface area contributed by atoms with Crippen LogP contribution in [0.3, 0.4) is 0 Å². The monoisotopic (exact) mass is 423 g/mol. The molecule has 1 aliphatic heterocycles. The Labute approximate surface area is 172 Å². The van der Waals surface area contributed by atoms with E-state index in [1.807, 2.05) is 19.9 Å². The van der Waals surface area contributed by atoms with E-state index >= 15 is 0 Å². The summed E-state index contributed by atoms with van der Waals surface area (Å²) < 4.78 is 48.5. The topological polar surface area (TPSA) is 76.2 Å². The fourth-order valence-electron chi connectivity index (χ4n) is 3.69. The smallest absolute Gasteiger partial charge is 0.422 e. The van der Waals surface area contributed by atoms with E-state index in [4.69, 9.17) is 9.47 Å². The SMILES string of the molecule is Cc1cc(C2OCC2(C)CNC(=O)c2ccc(C3CC3)c(OCC(F)(F)F)c2)n[nH]1. The van der Waals surface area contributed by atoms with Gasteiger partial charge in [0.25, 0.3) is 5.91 Å². The fourth-order valence-corrected chi connectivity index (χ4v) is 3.69. The van der Waals surface area contributed by atoms with Crippen LogP contribution in [-0.4, -0.2) is 42.0 Å². The quantitative estimate of drug-likeness (QED) is 0.705. The molecule has 9 heteroatoms. The van der Waals surface area contributed by atoms with E-state index in [2.05, 4.69) is 15.5 Å². The van der Waals surface area contributed by atoms with Crippen molar-refractivity contribution in [1.29, 1.82) is 0 Å². The Bertz CT molecular complexity index is 939. The zero-order chi connectivity index (χ0) is 21.5. The standard InChI is InChI=1S/C21H24F3N3O3/c1-12-7-16(27-26-12)18-20(2,10-30-18)9-25-19(28)14-5-6-15(13-3-4-13)17(8-14)29-11-21(22,23)24/h5-8,13,18H,3-4,9-11H2,1-2H3,(H,25,28)(H,26,27). The second-order valence-corrected chi connectivity index (χ2v) is 8.43. The number of nitrogens with zero attached hydrogens (tertiary/aromatic N) is 1. The summed E-state index contributed by atoms with van der Waals surface area (Å²) in [4.78, 5) is 12.7. The van der Waals surface area contributed by atoms with Gasteiger partial charge in [0.15, 0.2) is 6.61 Å². The van der Waals surface area contributed by atoms with E-state index in [1.54, 1.807) is 12.1 Å². The highest BCUT2D eigenvalue weighted by atomic mass is 19.4. The lowest BCUT2D eigenvalue weighted by molar-refractivity contribution is -0.180. The number of halogens is 3. The second kappa shape index (κ2) is 7.61. The molecule has 1 amide bonds. The molecule has 1 aromatic heterocycles. The van der Waals surface area contributed by atoms with Gasteiger partial charge in [-0.15, -0.1) is 0 Å². The molecular weight excluding hydrogens is 399 g/mol. The van der Waals surface area contributed by atoms with Crippen molar-refractivity contribution < 1.29 is 27.4 Å². The van der Waals surface area contributed by atoms with Crippen LogP contribution in [-0.2, 0) is 4.74 Å². The number of aromatic nitrogens is 2. The van der Waals surface area contributed by atoms with Crippen LogP contribution in [0.4, 0.5) is 13.2 Å². The van der Waals surface area contributed by atoms with Gasteiger partial charge in [-0.1, -0.05) is 13.0 Å². The van der Waals surface area contributed by atoms with Crippen LogP contribution in [0.25, 0.3) is 0 Å². The van der Waals surface area contributed by atoms with Crippen molar-refractivity contribution in [1.82, 2.24) is 15.5 Å². The predicted molar refractivity (Wildman–Crippen MR) is 102 cm³/mol. The summed E-state index contributed by atoms with van der Waals surface area (Å²) in [5.41, 5.74) is 2.39. The van der Waals surface area contributed by atoms with Crippen LogP contribution in [0.2, 0.25) is 0 Å². The van der Waals surface area contributed by atoms with Gasteiger partial charge in [0.1, 0.15) is 11.9 Å². The molecule has 0 bridgehead atoms. The van der Waals surface area contributed by atoms with Gasteiger partial charge in [-0.05, 0) is 49.4 Å². The minimum atomic E-state index is -4.43. The number of ether oxygens (including phenoxy) is 2. The summed E-state index contributed by atoms with van der Waals surface area (Å²) >= 11 is 0. The zero-order valence-electron chi connectivity index (χ0n) is 16.8. The highest BCUT2D eigenvalue weighted by Gasteiger charge is 2.46. The maximum Gasteiger partial charge on any atom is 0.422 e. The Balaban J connectivity index is 1.43. The van der Waals surface area contributed by atoms with Crippen LogP contribution < -0.4 is 10.1 Å². The summed E-state index contributed by atoms with van der Waals surface area (Å²) in [6.45, 7) is 3.35. The van der Waals surface area contributed by atoms with E-state index in [1.165, 1.54) is 6.07 Å². The second-order valence-electron chi connectivity index (χ2n) is 8.43. The Hall–Kier alpha value is -2.55. The third-order valence-corrected chi connectivity index (χ3v) is 5.54.